The number of nitrogens with two attached hydrogens (primary N) is 1. The third-order valence-electron chi connectivity index (χ3n) is 5.26. The highest BCUT2D eigenvalue weighted by Gasteiger charge is 2.41. The topological polar surface area (TPSA) is 29.3 Å². The van der Waals surface area contributed by atoms with Crippen LogP contribution in [0.15, 0.2) is 71.9 Å². The lowest BCUT2D eigenvalue weighted by molar-refractivity contribution is 0.395. The first-order valence-electron chi connectivity index (χ1n) is 8.70. The molecule has 1 aromatic rings. The van der Waals surface area contributed by atoms with Gasteiger partial charge >= 0.3 is 0 Å². The van der Waals surface area contributed by atoms with Crippen molar-refractivity contribution in [2.24, 2.45) is 0 Å². The molecule has 2 unspecified atom stereocenters. The molecule has 0 spiro atoms. The van der Waals surface area contributed by atoms with E-state index in [1.807, 2.05) is 12.1 Å². The Morgan fingerprint density at radius 1 is 0.833 bits per heavy atom. The molecular formula is C22H28N2. The first-order valence-corrected chi connectivity index (χ1v) is 8.70. The summed E-state index contributed by atoms with van der Waals surface area (Å²) in [5, 5.41) is 0. The van der Waals surface area contributed by atoms with Crippen LogP contribution in [0, 0.1) is 0 Å². The van der Waals surface area contributed by atoms with E-state index in [-0.39, 0.29) is 11.1 Å². The maximum absolute atomic E-state index is 5.92. The highest BCUT2D eigenvalue weighted by atomic mass is 15.3. The van der Waals surface area contributed by atoms with Gasteiger partial charge in [0.05, 0.1) is 11.1 Å². The van der Waals surface area contributed by atoms with Crippen molar-refractivity contribution in [1.29, 1.82) is 0 Å². The summed E-state index contributed by atoms with van der Waals surface area (Å²) in [7, 11) is 0. The van der Waals surface area contributed by atoms with E-state index in [9.17, 15) is 0 Å². The van der Waals surface area contributed by atoms with Crippen molar-refractivity contribution in [1.82, 2.24) is 0 Å². The summed E-state index contributed by atoms with van der Waals surface area (Å²) in [6.45, 7) is 8.98. The summed E-state index contributed by atoms with van der Waals surface area (Å²) in [4.78, 5) is 2.55. The smallest absolute Gasteiger partial charge is 0.0603 e. The third kappa shape index (κ3) is 3.06. The van der Waals surface area contributed by atoms with Gasteiger partial charge in [0, 0.05) is 11.4 Å². The average molecular weight is 320 g/mol. The molecule has 2 N–H and O–H groups in total. The summed E-state index contributed by atoms with van der Waals surface area (Å²) in [5.74, 6) is 0. The zero-order valence-electron chi connectivity index (χ0n) is 15.2. The Kier molecular flexibility index (Phi) is 4.16. The Labute approximate surface area is 146 Å². The van der Waals surface area contributed by atoms with E-state index in [1.165, 1.54) is 16.8 Å². The van der Waals surface area contributed by atoms with Crippen molar-refractivity contribution in [2.45, 2.75) is 51.6 Å². The van der Waals surface area contributed by atoms with Crippen LogP contribution in [0.3, 0.4) is 0 Å². The Balaban J connectivity index is 2.07. The van der Waals surface area contributed by atoms with Crippen LogP contribution in [0.2, 0.25) is 0 Å². The lowest BCUT2D eigenvalue weighted by Gasteiger charge is -2.52. The summed E-state index contributed by atoms with van der Waals surface area (Å²) >= 11 is 0. The van der Waals surface area contributed by atoms with Crippen molar-refractivity contribution in [3.05, 3.63) is 71.9 Å². The van der Waals surface area contributed by atoms with Crippen LogP contribution in [0.5, 0.6) is 0 Å². The molecule has 3 rings (SSSR count). The maximum Gasteiger partial charge on any atom is 0.0603 e. The van der Waals surface area contributed by atoms with Gasteiger partial charge in [0.15, 0.2) is 0 Å². The largest absolute Gasteiger partial charge is 0.399 e. The molecule has 0 heterocycles. The number of rotatable bonds is 3. The van der Waals surface area contributed by atoms with E-state index in [2.05, 4.69) is 81.2 Å². The van der Waals surface area contributed by atoms with Crippen molar-refractivity contribution in [3.8, 4) is 0 Å². The summed E-state index contributed by atoms with van der Waals surface area (Å²) in [6.07, 6.45) is 15.9. The quantitative estimate of drug-likeness (QED) is 0.755. The second kappa shape index (κ2) is 6.01. The van der Waals surface area contributed by atoms with Gasteiger partial charge in [-0.3, -0.25) is 0 Å². The van der Waals surface area contributed by atoms with E-state index < -0.39 is 0 Å². The number of anilines is 2. The van der Waals surface area contributed by atoms with Crippen molar-refractivity contribution in [2.75, 3.05) is 10.6 Å². The van der Waals surface area contributed by atoms with Gasteiger partial charge in [-0.2, -0.15) is 0 Å². The Hall–Kier alpha value is -2.22. The van der Waals surface area contributed by atoms with Gasteiger partial charge in [0.2, 0.25) is 0 Å². The molecule has 0 fully saturated rings. The number of benzene rings is 1. The molecule has 24 heavy (non-hydrogen) atoms. The number of nitrogen functional groups attached to an aromatic ring is 1. The first kappa shape index (κ1) is 16.6. The molecule has 2 heteroatoms. The van der Waals surface area contributed by atoms with Crippen LogP contribution in [0.25, 0.3) is 0 Å². The standard InChI is InChI=1S/C22H28N2/c1-17-9-13-21(3,14-10-17)24(20-7-5-19(23)6-8-20)22(4)15-11-18(2)12-16-22/h5-13,15H,14,16,23H2,1-4H3. The zero-order valence-corrected chi connectivity index (χ0v) is 15.2. The SMILES string of the molecule is CC1=CCC(C)(N(c2ccc(N)cc2)C2(C)C=CC(C)=CC2)C=C1. The second-order valence-corrected chi connectivity index (χ2v) is 7.61. The fraction of sp³-hybridized carbons (Fsp3) is 0.364. The lowest BCUT2D eigenvalue weighted by Crippen LogP contribution is -2.57. The first-order chi connectivity index (χ1) is 11.3. The van der Waals surface area contributed by atoms with Crippen molar-refractivity contribution < 1.29 is 0 Å². The molecule has 1 aromatic carbocycles. The van der Waals surface area contributed by atoms with Gasteiger partial charge in [-0.05, 0) is 64.8 Å². The molecule has 126 valence electrons. The molecule has 2 nitrogen and oxygen atoms in total. The molecule has 2 atom stereocenters. The predicted molar refractivity (Wildman–Crippen MR) is 105 cm³/mol. The van der Waals surface area contributed by atoms with E-state index in [0.717, 1.165) is 18.5 Å². The molecule has 2 aliphatic carbocycles. The van der Waals surface area contributed by atoms with Gasteiger partial charge in [-0.15, -0.1) is 0 Å². The van der Waals surface area contributed by atoms with Crippen molar-refractivity contribution >= 4 is 11.4 Å². The number of nitrogens with zero attached hydrogens (tertiary/aromatic N) is 1. The van der Waals surface area contributed by atoms with Crippen LogP contribution < -0.4 is 10.6 Å². The van der Waals surface area contributed by atoms with Gasteiger partial charge in [-0.1, -0.05) is 47.6 Å². The Morgan fingerprint density at radius 3 is 1.67 bits per heavy atom. The Morgan fingerprint density at radius 2 is 1.29 bits per heavy atom. The average Bonchev–Trinajstić information content (AvgIpc) is 2.56. The van der Waals surface area contributed by atoms with Crippen LogP contribution in [-0.4, -0.2) is 11.1 Å². The fourth-order valence-electron chi connectivity index (χ4n) is 3.76. The van der Waals surface area contributed by atoms with Crippen LogP contribution in [0.1, 0.15) is 40.5 Å². The van der Waals surface area contributed by atoms with Gasteiger partial charge in [-0.25, -0.2) is 0 Å². The molecule has 0 amide bonds. The molecule has 0 radical (unpaired) electrons. The van der Waals surface area contributed by atoms with Crippen molar-refractivity contribution in [3.63, 3.8) is 0 Å². The van der Waals surface area contributed by atoms with E-state index in [0.29, 0.717) is 0 Å². The molecular weight excluding hydrogens is 292 g/mol. The van der Waals surface area contributed by atoms with Gasteiger partial charge in [0.25, 0.3) is 0 Å². The second-order valence-electron chi connectivity index (χ2n) is 7.61. The molecule has 0 saturated carbocycles. The normalized spacial score (nSPS) is 29.2. The predicted octanol–water partition coefficient (Wildman–Crippen LogP) is 5.41. The maximum atomic E-state index is 5.92. The monoisotopic (exact) mass is 320 g/mol. The molecule has 0 bridgehead atoms. The highest BCUT2D eigenvalue weighted by Crippen LogP contribution is 2.41. The minimum Gasteiger partial charge on any atom is -0.399 e. The molecule has 0 saturated heterocycles. The van der Waals surface area contributed by atoms with Gasteiger partial charge in [0.1, 0.15) is 0 Å². The van der Waals surface area contributed by atoms with Crippen LogP contribution >= 0.6 is 0 Å². The summed E-state index contributed by atoms with van der Waals surface area (Å²) in [5.41, 5.74) is 10.5. The number of allylic oxidation sites excluding steroid dienone is 4. The fourth-order valence-corrected chi connectivity index (χ4v) is 3.76. The van der Waals surface area contributed by atoms with Crippen LogP contribution in [-0.2, 0) is 0 Å². The zero-order chi connectivity index (χ0) is 17.4. The van der Waals surface area contributed by atoms with E-state index >= 15 is 0 Å². The van der Waals surface area contributed by atoms with Gasteiger partial charge < -0.3 is 10.6 Å². The molecule has 0 aliphatic heterocycles. The summed E-state index contributed by atoms with van der Waals surface area (Å²) < 4.78 is 0. The molecule has 2 aliphatic rings. The lowest BCUT2D eigenvalue weighted by atomic mass is 9.80. The molecule has 0 aromatic heterocycles. The Bertz CT molecular complexity index is 694. The number of hydrogen-bond acceptors (Lipinski definition) is 2. The minimum absolute atomic E-state index is 0.0617. The van der Waals surface area contributed by atoms with E-state index in [4.69, 9.17) is 5.73 Å². The third-order valence-corrected chi connectivity index (χ3v) is 5.26. The number of hydrogen-bond donors (Lipinski definition) is 1. The minimum atomic E-state index is -0.0617. The highest BCUT2D eigenvalue weighted by molar-refractivity contribution is 5.60. The van der Waals surface area contributed by atoms with E-state index in [1.54, 1.807) is 0 Å². The summed E-state index contributed by atoms with van der Waals surface area (Å²) in [6, 6.07) is 8.28. The van der Waals surface area contributed by atoms with Crippen LogP contribution in [0.4, 0.5) is 11.4 Å².